The highest BCUT2D eigenvalue weighted by Gasteiger charge is 2.27. The molecule has 0 saturated carbocycles. The van der Waals surface area contributed by atoms with E-state index in [4.69, 9.17) is 0 Å². The number of fused-ring (bicyclic) bond motifs is 1. The van der Waals surface area contributed by atoms with Gasteiger partial charge < -0.3 is 10.2 Å². The fourth-order valence-electron chi connectivity index (χ4n) is 4.62. The summed E-state index contributed by atoms with van der Waals surface area (Å²) in [5.41, 5.74) is 3.81. The van der Waals surface area contributed by atoms with E-state index in [1.807, 2.05) is 6.07 Å². The number of likely N-dealkylation sites (N-methyl/N-ethyl adjacent to an activating group) is 1. The highest BCUT2D eigenvalue weighted by molar-refractivity contribution is 9.10. The molecule has 5 heteroatoms. The first-order valence-electron chi connectivity index (χ1n) is 10.3. The van der Waals surface area contributed by atoms with Crippen molar-refractivity contribution in [3.8, 4) is 0 Å². The molecule has 28 heavy (non-hydrogen) atoms. The molecule has 150 valence electrons. The number of nitrogens with zero attached hydrogens (tertiary/aromatic N) is 2. The average molecular weight is 446 g/mol. The number of nitrogens with one attached hydrogen (secondary N) is 1. The summed E-state index contributed by atoms with van der Waals surface area (Å²) in [5.74, 6) is -0.151. The SMILES string of the molecule is CN1CCN(CCCNC2CCc3c2ccc(F)c3Br)C(c2ccccc2)C1. The highest BCUT2D eigenvalue weighted by atomic mass is 79.9. The maximum absolute atomic E-state index is 13.7. The molecule has 1 fully saturated rings. The highest BCUT2D eigenvalue weighted by Crippen LogP contribution is 2.37. The number of halogens is 2. The van der Waals surface area contributed by atoms with Crippen LogP contribution in [0.1, 0.15) is 41.6 Å². The zero-order chi connectivity index (χ0) is 19.5. The van der Waals surface area contributed by atoms with Crippen molar-refractivity contribution in [2.75, 3.05) is 39.8 Å². The van der Waals surface area contributed by atoms with Gasteiger partial charge in [-0.2, -0.15) is 0 Å². The van der Waals surface area contributed by atoms with Crippen molar-refractivity contribution in [1.82, 2.24) is 15.1 Å². The minimum absolute atomic E-state index is 0.151. The largest absolute Gasteiger partial charge is 0.310 e. The Morgan fingerprint density at radius 2 is 1.96 bits per heavy atom. The van der Waals surface area contributed by atoms with Crippen molar-refractivity contribution < 1.29 is 4.39 Å². The van der Waals surface area contributed by atoms with E-state index in [0.29, 0.717) is 16.6 Å². The van der Waals surface area contributed by atoms with Gasteiger partial charge >= 0.3 is 0 Å². The molecular formula is C23H29BrFN3. The summed E-state index contributed by atoms with van der Waals surface area (Å²) in [6.45, 7) is 5.44. The standard InChI is InChI=1S/C23H29BrFN3/c1-27-14-15-28(22(16-27)17-6-3-2-4-7-17)13-5-12-26-21-11-9-19-18(21)8-10-20(25)23(19)24/h2-4,6-8,10,21-22,26H,5,9,11-16H2,1H3. The van der Waals surface area contributed by atoms with Crippen LogP contribution in [0.5, 0.6) is 0 Å². The number of rotatable bonds is 6. The number of hydrogen-bond acceptors (Lipinski definition) is 3. The monoisotopic (exact) mass is 445 g/mol. The number of benzene rings is 2. The first-order valence-corrected chi connectivity index (χ1v) is 11.1. The second-order valence-corrected chi connectivity index (χ2v) is 8.85. The van der Waals surface area contributed by atoms with Gasteiger partial charge in [0.1, 0.15) is 5.82 Å². The lowest BCUT2D eigenvalue weighted by Crippen LogP contribution is -2.47. The van der Waals surface area contributed by atoms with Crippen molar-refractivity contribution in [1.29, 1.82) is 0 Å². The molecule has 2 aromatic carbocycles. The molecule has 1 heterocycles. The van der Waals surface area contributed by atoms with Gasteiger partial charge in [0, 0.05) is 38.3 Å². The van der Waals surface area contributed by atoms with Crippen molar-refractivity contribution >= 4 is 15.9 Å². The fourth-order valence-corrected chi connectivity index (χ4v) is 5.18. The quantitative estimate of drug-likeness (QED) is 0.658. The lowest BCUT2D eigenvalue weighted by Gasteiger charge is -2.40. The predicted octanol–water partition coefficient (Wildman–Crippen LogP) is 4.54. The van der Waals surface area contributed by atoms with E-state index in [2.05, 4.69) is 68.4 Å². The van der Waals surface area contributed by atoms with Crippen molar-refractivity contribution in [2.24, 2.45) is 0 Å². The molecular weight excluding hydrogens is 417 g/mol. The Balaban J connectivity index is 1.31. The molecule has 0 amide bonds. The third-order valence-electron chi connectivity index (χ3n) is 6.18. The van der Waals surface area contributed by atoms with Crippen LogP contribution >= 0.6 is 15.9 Å². The Kier molecular flexibility index (Phi) is 6.46. The van der Waals surface area contributed by atoms with E-state index < -0.39 is 0 Å². The summed E-state index contributed by atoms with van der Waals surface area (Å²) in [6.07, 6.45) is 3.12. The first-order chi connectivity index (χ1) is 13.6. The Morgan fingerprint density at radius 1 is 1.14 bits per heavy atom. The first kappa shape index (κ1) is 20.0. The van der Waals surface area contributed by atoms with Gasteiger partial charge in [-0.3, -0.25) is 4.90 Å². The maximum Gasteiger partial charge on any atom is 0.137 e. The topological polar surface area (TPSA) is 18.5 Å². The van der Waals surface area contributed by atoms with Gasteiger partial charge in [-0.15, -0.1) is 0 Å². The molecule has 1 N–H and O–H groups in total. The zero-order valence-corrected chi connectivity index (χ0v) is 18.1. The number of piperazine rings is 1. The number of hydrogen-bond donors (Lipinski definition) is 1. The Labute approximate surface area is 176 Å². The van der Waals surface area contributed by atoms with E-state index in [9.17, 15) is 4.39 Å². The van der Waals surface area contributed by atoms with Gasteiger partial charge in [-0.25, -0.2) is 4.39 Å². The molecule has 0 spiro atoms. The average Bonchev–Trinajstić information content (AvgIpc) is 3.13. The van der Waals surface area contributed by atoms with Gasteiger partial charge in [0.15, 0.2) is 0 Å². The van der Waals surface area contributed by atoms with Crippen LogP contribution < -0.4 is 5.32 Å². The third-order valence-corrected chi connectivity index (χ3v) is 7.04. The summed E-state index contributed by atoms with van der Waals surface area (Å²) in [6, 6.07) is 15.2. The molecule has 4 rings (SSSR count). The lowest BCUT2D eigenvalue weighted by molar-refractivity contribution is 0.0886. The molecule has 0 bridgehead atoms. The predicted molar refractivity (Wildman–Crippen MR) is 116 cm³/mol. The summed E-state index contributed by atoms with van der Waals surface area (Å²) in [7, 11) is 2.22. The molecule has 2 aliphatic rings. The molecule has 1 aliphatic carbocycles. The maximum atomic E-state index is 13.7. The van der Waals surface area contributed by atoms with Gasteiger partial charge in [0.05, 0.1) is 4.47 Å². The van der Waals surface area contributed by atoms with Crippen LogP contribution in [0.3, 0.4) is 0 Å². The van der Waals surface area contributed by atoms with Gasteiger partial charge in [-0.1, -0.05) is 36.4 Å². The molecule has 2 unspecified atom stereocenters. The van der Waals surface area contributed by atoms with Crippen LogP contribution in [-0.2, 0) is 6.42 Å². The molecule has 3 nitrogen and oxygen atoms in total. The van der Waals surface area contributed by atoms with Crippen molar-refractivity contribution in [3.63, 3.8) is 0 Å². The van der Waals surface area contributed by atoms with Gasteiger partial charge in [0.25, 0.3) is 0 Å². The third kappa shape index (κ3) is 4.33. The minimum Gasteiger partial charge on any atom is -0.310 e. The Bertz CT molecular complexity index is 798. The van der Waals surface area contributed by atoms with Gasteiger partial charge in [-0.05, 0) is 71.5 Å². The fraction of sp³-hybridized carbons (Fsp3) is 0.478. The van der Waals surface area contributed by atoms with Crippen LogP contribution in [0.15, 0.2) is 46.9 Å². The summed E-state index contributed by atoms with van der Waals surface area (Å²) in [5, 5.41) is 3.71. The Morgan fingerprint density at radius 3 is 2.79 bits per heavy atom. The second-order valence-electron chi connectivity index (χ2n) is 8.05. The summed E-state index contributed by atoms with van der Waals surface area (Å²) >= 11 is 3.41. The molecule has 0 radical (unpaired) electrons. The van der Waals surface area contributed by atoms with Crippen LogP contribution in [0.4, 0.5) is 4.39 Å². The van der Waals surface area contributed by atoms with Crippen LogP contribution in [-0.4, -0.2) is 49.6 Å². The zero-order valence-electron chi connectivity index (χ0n) is 16.5. The van der Waals surface area contributed by atoms with Crippen LogP contribution in [0.2, 0.25) is 0 Å². The van der Waals surface area contributed by atoms with E-state index in [-0.39, 0.29) is 5.82 Å². The van der Waals surface area contributed by atoms with Gasteiger partial charge in [0.2, 0.25) is 0 Å². The van der Waals surface area contributed by atoms with E-state index in [1.165, 1.54) is 11.1 Å². The minimum atomic E-state index is -0.151. The van der Waals surface area contributed by atoms with Crippen molar-refractivity contribution in [2.45, 2.75) is 31.3 Å². The normalized spacial score (nSPS) is 23.1. The summed E-state index contributed by atoms with van der Waals surface area (Å²) in [4.78, 5) is 5.06. The van der Waals surface area contributed by atoms with Crippen LogP contribution in [0, 0.1) is 5.82 Å². The summed E-state index contributed by atoms with van der Waals surface area (Å²) < 4.78 is 14.4. The second kappa shape index (κ2) is 9.04. The van der Waals surface area contributed by atoms with E-state index in [1.54, 1.807) is 6.07 Å². The van der Waals surface area contributed by atoms with E-state index >= 15 is 0 Å². The molecule has 1 aliphatic heterocycles. The molecule has 1 saturated heterocycles. The smallest absolute Gasteiger partial charge is 0.137 e. The molecule has 2 atom stereocenters. The van der Waals surface area contributed by atoms with Crippen LogP contribution in [0.25, 0.3) is 0 Å². The molecule has 0 aromatic heterocycles. The van der Waals surface area contributed by atoms with E-state index in [0.717, 1.165) is 57.5 Å². The van der Waals surface area contributed by atoms with Crippen molar-refractivity contribution in [3.05, 3.63) is 69.4 Å². The Hall–Kier alpha value is -1.27. The molecule has 2 aromatic rings. The lowest BCUT2D eigenvalue weighted by atomic mass is 10.0.